The summed E-state index contributed by atoms with van der Waals surface area (Å²) in [5.41, 5.74) is 2.12. The predicted octanol–water partition coefficient (Wildman–Crippen LogP) is 7.52. The molecule has 0 amide bonds. The molecule has 2 nitrogen and oxygen atoms in total. The Kier molecular flexibility index (Phi) is 4.93. The topological polar surface area (TPSA) is 30.0 Å². The van der Waals surface area contributed by atoms with Gasteiger partial charge in [-0.1, -0.05) is 71.7 Å². The third-order valence-electron chi connectivity index (χ3n) is 5.25. The monoisotopic (exact) mass is 445 g/mol. The van der Waals surface area contributed by atoms with Crippen molar-refractivity contribution in [2.45, 2.75) is 0 Å². The lowest BCUT2D eigenvalue weighted by Gasteiger charge is -2.01. The van der Waals surface area contributed by atoms with Crippen molar-refractivity contribution < 1.29 is 4.39 Å². The van der Waals surface area contributed by atoms with Gasteiger partial charge in [0, 0.05) is 26.6 Å². The third-order valence-corrected chi connectivity index (χ3v) is 5.87. The van der Waals surface area contributed by atoms with Crippen molar-refractivity contribution in [3.63, 3.8) is 0 Å². The zero-order valence-corrected chi connectivity index (χ0v) is 17.6. The van der Waals surface area contributed by atoms with E-state index in [0.29, 0.717) is 32.4 Å². The van der Waals surface area contributed by atoms with E-state index in [0.717, 1.165) is 16.3 Å². The average Bonchev–Trinajstić information content (AvgIpc) is 2.91. The van der Waals surface area contributed by atoms with Crippen LogP contribution in [0, 0.1) is 5.82 Å². The fraction of sp³-hybridized carbons (Fsp3) is 0. The number of rotatable bonds is 2. The van der Waals surface area contributed by atoms with Gasteiger partial charge in [0.2, 0.25) is 0 Å². The van der Waals surface area contributed by atoms with E-state index >= 15 is 0 Å². The van der Waals surface area contributed by atoms with Gasteiger partial charge in [0.05, 0.1) is 16.2 Å². The van der Waals surface area contributed by atoms with Crippen molar-refractivity contribution in [2.24, 2.45) is 0 Å². The highest BCUT2D eigenvalue weighted by Crippen LogP contribution is 2.24. The third kappa shape index (κ3) is 3.67. The summed E-state index contributed by atoms with van der Waals surface area (Å²) in [6.07, 6.45) is 3.74. The highest BCUT2D eigenvalue weighted by molar-refractivity contribution is 6.35. The van der Waals surface area contributed by atoms with Crippen molar-refractivity contribution in [1.82, 2.24) is 4.98 Å². The van der Waals surface area contributed by atoms with E-state index in [2.05, 4.69) is 4.98 Å². The van der Waals surface area contributed by atoms with E-state index < -0.39 is 5.82 Å². The first-order chi connectivity index (χ1) is 15.0. The summed E-state index contributed by atoms with van der Waals surface area (Å²) in [5.74, 6) is -0.467. The van der Waals surface area contributed by atoms with E-state index in [1.165, 1.54) is 12.1 Å². The standard InChI is InChI=1S/C26H14Cl2FNO/c27-22-3-1-2-20-19(22)11-8-16-6-4-15(12-21(16)26(20)31)5-9-18-10-7-17-13-24(29)23(28)14-25(17)30-18/h1-14H. The Balaban J connectivity index is 1.59. The van der Waals surface area contributed by atoms with Gasteiger partial charge in [-0.25, -0.2) is 9.37 Å². The molecule has 0 bridgehead atoms. The van der Waals surface area contributed by atoms with Crippen LogP contribution in [0.3, 0.4) is 0 Å². The molecule has 150 valence electrons. The quantitative estimate of drug-likeness (QED) is 0.281. The van der Waals surface area contributed by atoms with Crippen LogP contribution in [0.5, 0.6) is 0 Å². The number of hydrogen-bond donors (Lipinski definition) is 0. The van der Waals surface area contributed by atoms with Crippen LogP contribution in [-0.2, 0) is 0 Å². The fourth-order valence-corrected chi connectivity index (χ4v) is 4.05. The fourth-order valence-electron chi connectivity index (χ4n) is 3.65. The largest absolute Gasteiger partial charge is 0.289 e. The first kappa shape index (κ1) is 19.7. The summed E-state index contributed by atoms with van der Waals surface area (Å²) in [7, 11) is 0. The maximum absolute atomic E-state index is 13.6. The SMILES string of the molecule is O=c1c2cc(C=Cc3ccc4cc(F)c(Cl)cc4n3)ccc2ccc2c(Cl)cccc12. The lowest BCUT2D eigenvalue weighted by atomic mass is 10.1. The van der Waals surface area contributed by atoms with Crippen LogP contribution in [0.2, 0.25) is 10.0 Å². The van der Waals surface area contributed by atoms with Gasteiger partial charge >= 0.3 is 0 Å². The molecule has 0 fully saturated rings. The van der Waals surface area contributed by atoms with Crippen LogP contribution in [0.1, 0.15) is 11.3 Å². The minimum Gasteiger partial charge on any atom is -0.289 e. The Morgan fingerprint density at radius 2 is 1.55 bits per heavy atom. The van der Waals surface area contributed by atoms with Gasteiger partial charge in [-0.15, -0.1) is 0 Å². The van der Waals surface area contributed by atoms with E-state index in [9.17, 15) is 9.18 Å². The molecule has 0 saturated heterocycles. The van der Waals surface area contributed by atoms with Crippen LogP contribution in [0.25, 0.3) is 44.6 Å². The molecule has 5 rings (SSSR count). The Bertz CT molecular complexity index is 1590. The van der Waals surface area contributed by atoms with Crippen LogP contribution in [0.4, 0.5) is 4.39 Å². The van der Waals surface area contributed by atoms with Gasteiger partial charge in [0.15, 0.2) is 5.43 Å². The molecule has 0 N–H and O–H groups in total. The van der Waals surface area contributed by atoms with Crippen molar-refractivity contribution >= 4 is 67.8 Å². The second-order valence-electron chi connectivity index (χ2n) is 7.24. The molecule has 0 aliphatic rings. The molecule has 1 aromatic heterocycles. The number of benzene rings is 3. The summed E-state index contributed by atoms with van der Waals surface area (Å²) >= 11 is 12.2. The van der Waals surface area contributed by atoms with Crippen LogP contribution >= 0.6 is 23.2 Å². The van der Waals surface area contributed by atoms with Crippen LogP contribution in [-0.4, -0.2) is 4.98 Å². The van der Waals surface area contributed by atoms with Gasteiger partial charge in [-0.05, 0) is 47.4 Å². The second-order valence-corrected chi connectivity index (χ2v) is 8.05. The molecule has 31 heavy (non-hydrogen) atoms. The van der Waals surface area contributed by atoms with Crippen molar-refractivity contribution in [3.05, 3.63) is 110 Å². The van der Waals surface area contributed by atoms with E-state index in [4.69, 9.17) is 23.2 Å². The summed E-state index contributed by atoms with van der Waals surface area (Å²) < 4.78 is 13.6. The number of aromatic nitrogens is 1. The van der Waals surface area contributed by atoms with Gasteiger partial charge in [0.25, 0.3) is 0 Å². The van der Waals surface area contributed by atoms with E-state index in [1.54, 1.807) is 24.3 Å². The molecule has 5 heteroatoms. The molecule has 4 aromatic carbocycles. The average molecular weight is 446 g/mol. The molecule has 0 unspecified atom stereocenters. The van der Waals surface area contributed by atoms with Crippen LogP contribution < -0.4 is 5.43 Å². The van der Waals surface area contributed by atoms with Gasteiger partial charge < -0.3 is 0 Å². The minimum atomic E-state index is -0.467. The summed E-state index contributed by atoms with van der Waals surface area (Å²) in [5, 5.41) is 4.06. The molecular weight excluding hydrogens is 432 g/mol. The Morgan fingerprint density at radius 3 is 2.42 bits per heavy atom. The lowest BCUT2D eigenvalue weighted by molar-refractivity contribution is 0.630. The molecule has 0 radical (unpaired) electrons. The molecule has 0 saturated carbocycles. The lowest BCUT2D eigenvalue weighted by Crippen LogP contribution is -1.98. The van der Waals surface area contributed by atoms with Crippen molar-refractivity contribution in [2.75, 3.05) is 0 Å². The normalized spacial score (nSPS) is 11.7. The summed E-state index contributed by atoms with van der Waals surface area (Å²) in [4.78, 5) is 17.7. The van der Waals surface area contributed by atoms with Gasteiger partial charge in [-0.2, -0.15) is 0 Å². The first-order valence-electron chi connectivity index (χ1n) is 9.59. The predicted molar refractivity (Wildman–Crippen MR) is 128 cm³/mol. The number of halogens is 3. The molecule has 0 aliphatic carbocycles. The Labute approximate surface area is 187 Å². The van der Waals surface area contributed by atoms with Gasteiger partial charge in [0.1, 0.15) is 5.82 Å². The maximum atomic E-state index is 13.6. The molecular formula is C26H14Cl2FNO. The van der Waals surface area contributed by atoms with Gasteiger partial charge in [-0.3, -0.25) is 4.79 Å². The molecule has 1 heterocycles. The smallest absolute Gasteiger partial charge is 0.194 e. The number of hydrogen-bond acceptors (Lipinski definition) is 2. The number of pyridine rings is 1. The van der Waals surface area contributed by atoms with Crippen molar-refractivity contribution in [3.8, 4) is 0 Å². The Morgan fingerprint density at radius 1 is 0.742 bits per heavy atom. The maximum Gasteiger partial charge on any atom is 0.194 e. The molecule has 0 spiro atoms. The highest BCUT2D eigenvalue weighted by Gasteiger charge is 2.06. The minimum absolute atomic E-state index is 0.0406. The first-order valence-corrected chi connectivity index (χ1v) is 10.3. The zero-order valence-electron chi connectivity index (χ0n) is 16.1. The van der Waals surface area contributed by atoms with E-state index in [1.807, 2.05) is 48.6 Å². The summed E-state index contributed by atoms with van der Waals surface area (Å²) in [6.45, 7) is 0. The molecule has 0 aliphatic heterocycles. The molecule has 0 atom stereocenters. The second kappa shape index (κ2) is 7.77. The summed E-state index contributed by atoms with van der Waals surface area (Å²) in [6, 6.07) is 21.3. The van der Waals surface area contributed by atoms with E-state index in [-0.39, 0.29) is 10.5 Å². The Hall–Kier alpha value is -3.27. The number of nitrogens with zero attached hydrogens (tertiary/aromatic N) is 1. The highest BCUT2D eigenvalue weighted by atomic mass is 35.5. The zero-order chi connectivity index (χ0) is 21.5. The van der Waals surface area contributed by atoms with Crippen molar-refractivity contribution in [1.29, 1.82) is 0 Å². The number of fused-ring (bicyclic) bond motifs is 3. The van der Waals surface area contributed by atoms with Crippen LogP contribution in [0.15, 0.2) is 77.6 Å². The molecule has 5 aromatic rings.